The number of pyridine rings is 1. The van der Waals surface area contributed by atoms with Crippen molar-refractivity contribution < 1.29 is 4.74 Å². The van der Waals surface area contributed by atoms with E-state index in [9.17, 15) is 5.26 Å². The lowest BCUT2D eigenvalue weighted by molar-refractivity contribution is 0.302. The van der Waals surface area contributed by atoms with E-state index >= 15 is 0 Å². The van der Waals surface area contributed by atoms with Crippen molar-refractivity contribution in [1.82, 2.24) is 4.98 Å². The van der Waals surface area contributed by atoms with Crippen LogP contribution in [0.15, 0.2) is 60.8 Å². The van der Waals surface area contributed by atoms with E-state index in [-0.39, 0.29) is 0 Å². The van der Waals surface area contributed by atoms with Gasteiger partial charge in [0.1, 0.15) is 12.7 Å². The molecule has 0 radical (unpaired) electrons. The molecular weight excluding hydrogens is 296 g/mol. The summed E-state index contributed by atoms with van der Waals surface area (Å²) < 4.78 is 5.95. The highest BCUT2D eigenvalue weighted by atomic mass is 16.5. The Labute approximate surface area is 142 Å². The SMILES string of the molecule is Cc1cccc(-c2cnc(C#N)c(OCc3ccccc3)c2C)c1. The maximum atomic E-state index is 9.35. The molecule has 1 heterocycles. The van der Waals surface area contributed by atoms with Crippen molar-refractivity contribution in [3.8, 4) is 22.9 Å². The number of ether oxygens (including phenoxy) is 1. The fourth-order valence-electron chi connectivity index (χ4n) is 2.67. The minimum atomic E-state index is 0.319. The van der Waals surface area contributed by atoms with Crippen LogP contribution in [-0.2, 0) is 6.61 Å². The quantitative estimate of drug-likeness (QED) is 0.694. The maximum Gasteiger partial charge on any atom is 0.182 e. The van der Waals surface area contributed by atoms with Gasteiger partial charge in [0.05, 0.1) is 0 Å². The highest BCUT2D eigenvalue weighted by Crippen LogP contribution is 2.32. The molecule has 3 aromatic rings. The van der Waals surface area contributed by atoms with Gasteiger partial charge in [-0.2, -0.15) is 5.26 Å². The molecule has 24 heavy (non-hydrogen) atoms. The number of benzene rings is 2. The highest BCUT2D eigenvalue weighted by Gasteiger charge is 2.14. The zero-order chi connectivity index (χ0) is 16.9. The van der Waals surface area contributed by atoms with E-state index in [1.54, 1.807) is 6.20 Å². The van der Waals surface area contributed by atoms with Crippen molar-refractivity contribution in [3.05, 3.63) is 83.2 Å². The lowest BCUT2D eigenvalue weighted by Gasteiger charge is -2.14. The monoisotopic (exact) mass is 314 g/mol. The van der Waals surface area contributed by atoms with Crippen LogP contribution >= 0.6 is 0 Å². The number of nitriles is 1. The van der Waals surface area contributed by atoms with Crippen LogP contribution < -0.4 is 4.74 Å². The molecule has 118 valence electrons. The van der Waals surface area contributed by atoms with Crippen molar-refractivity contribution in [3.63, 3.8) is 0 Å². The number of aromatic nitrogens is 1. The molecule has 1 aromatic heterocycles. The first-order valence-corrected chi connectivity index (χ1v) is 7.82. The zero-order valence-corrected chi connectivity index (χ0v) is 13.8. The van der Waals surface area contributed by atoms with Gasteiger partial charge < -0.3 is 4.74 Å². The van der Waals surface area contributed by atoms with Crippen LogP contribution in [0, 0.1) is 25.2 Å². The van der Waals surface area contributed by atoms with Crippen LogP contribution in [0.5, 0.6) is 5.75 Å². The van der Waals surface area contributed by atoms with Crippen LogP contribution in [0.25, 0.3) is 11.1 Å². The summed E-state index contributed by atoms with van der Waals surface area (Å²) in [5, 5.41) is 9.35. The van der Waals surface area contributed by atoms with E-state index in [0.29, 0.717) is 18.1 Å². The van der Waals surface area contributed by atoms with Crippen LogP contribution in [0.1, 0.15) is 22.4 Å². The minimum Gasteiger partial charge on any atom is -0.486 e. The molecule has 3 heteroatoms. The molecule has 0 spiro atoms. The van der Waals surface area contributed by atoms with Gasteiger partial charge in [-0.1, -0.05) is 60.2 Å². The molecule has 0 fully saturated rings. The Hall–Kier alpha value is -3.12. The molecule has 0 amide bonds. The summed E-state index contributed by atoms with van der Waals surface area (Å²) >= 11 is 0. The number of aryl methyl sites for hydroxylation is 1. The second-order valence-corrected chi connectivity index (χ2v) is 5.73. The molecule has 0 aliphatic heterocycles. The summed E-state index contributed by atoms with van der Waals surface area (Å²) in [6.45, 7) is 4.44. The van der Waals surface area contributed by atoms with Crippen LogP contribution in [0.2, 0.25) is 0 Å². The third kappa shape index (κ3) is 3.28. The number of nitrogens with zero attached hydrogens (tertiary/aromatic N) is 2. The van der Waals surface area contributed by atoms with Crippen molar-refractivity contribution in [2.45, 2.75) is 20.5 Å². The Morgan fingerprint density at radius 3 is 2.54 bits per heavy atom. The summed E-state index contributed by atoms with van der Waals surface area (Å²) in [6, 6.07) is 20.3. The first-order chi connectivity index (χ1) is 11.7. The fraction of sp³-hybridized carbons (Fsp3) is 0.143. The van der Waals surface area contributed by atoms with Gasteiger partial charge in [0.25, 0.3) is 0 Å². The van der Waals surface area contributed by atoms with E-state index < -0.39 is 0 Å². The molecule has 0 bridgehead atoms. The lowest BCUT2D eigenvalue weighted by atomic mass is 10.00. The van der Waals surface area contributed by atoms with Gasteiger partial charge in [-0.25, -0.2) is 4.98 Å². The average Bonchev–Trinajstić information content (AvgIpc) is 2.61. The molecule has 0 unspecified atom stereocenters. The molecule has 2 aromatic carbocycles. The molecule has 0 N–H and O–H groups in total. The molecule has 0 atom stereocenters. The second kappa shape index (κ2) is 6.97. The molecule has 0 saturated heterocycles. The molecule has 0 aliphatic rings. The molecule has 0 aliphatic carbocycles. The van der Waals surface area contributed by atoms with Crippen molar-refractivity contribution in [1.29, 1.82) is 5.26 Å². The van der Waals surface area contributed by atoms with Crippen LogP contribution in [-0.4, -0.2) is 4.98 Å². The van der Waals surface area contributed by atoms with Gasteiger partial charge in [0.15, 0.2) is 11.4 Å². The van der Waals surface area contributed by atoms with Gasteiger partial charge in [-0.3, -0.25) is 0 Å². The summed E-state index contributed by atoms with van der Waals surface area (Å²) in [7, 11) is 0. The number of hydrogen-bond donors (Lipinski definition) is 0. The Kier molecular flexibility index (Phi) is 4.58. The molecule has 0 saturated carbocycles. The third-order valence-electron chi connectivity index (χ3n) is 3.94. The van der Waals surface area contributed by atoms with Gasteiger partial charge in [-0.05, 0) is 25.0 Å². The van der Waals surface area contributed by atoms with Crippen LogP contribution in [0.3, 0.4) is 0 Å². The zero-order valence-electron chi connectivity index (χ0n) is 13.8. The van der Waals surface area contributed by atoms with Gasteiger partial charge in [0, 0.05) is 17.3 Å². The average molecular weight is 314 g/mol. The highest BCUT2D eigenvalue weighted by molar-refractivity contribution is 5.70. The summed E-state index contributed by atoms with van der Waals surface area (Å²) in [5.74, 6) is 0.556. The first-order valence-electron chi connectivity index (χ1n) is 7.82. The largest absolute Gasteiger partial charge is 0.486 e. The van der Waals surface area contributed by atoms with Crippen molar-refractivity contribution >= 4 is 0 Å². The number of hydrogen-bond acceptors (Lipinski definition) is 3. The maximum absolute atomic E-state index is 9.35. The van der Waals surface area contributed by atoms with Crippen LogP contribution in [0.4, 0.5) is 0 Å². The van der Waals surface area contributed by atoms with Gasteiger partial charge in [0.2, 0.25) is 0 Å². The summed E-state index contributed by atoms with van der Waals surface area (Å²) in [5.41, 5.74) is 5.56. The van der Waals surface area contributed by atoms with E-state index in [1.807, 2.05) is 49.4 Å². The van der Waals surface area contributed by atoms with E-state index in [0.717, 1.165) is 22.3 Å². The van der Waals surface area contributed by atoms with Gasteiger partial charge >= 0.3 is 0 Å². The molecular formula is C21H18N2O. The second-order valence-electron chi connectivity index (χ2n) is 5.73. The molecule has 3 nitrogen and oxygen atoms in total. The van der Waals surface area contributed by atoms with E-state index in [1.165, 1.54) is 5.56 Å². The fourth-order valence-corrected chi connectivity index (χ4v) is 2.67. The van der Waals surface area contributed by atoms with E-state index in [2.05, 4.69) is 30.1 Å². The predicted octanol–water partition coefficient (Wildman–Crippen LogP) is 4.82. The Balaban J connectivity index is 1.98. The topological polar surface area (TPSA) is 45.9 Å². The Morgan fingerprint density at radius 2 is 1.83 bits per heavy atom. The lowest BCUT2D eigenvalue weighted by Crippen LogP contribution is -2.02. The number of rotatable bonds is 4. The molecule has 3 rings (SSSR count). The van der Waals surface area contributed by atoms with Crippen molar-refractivity contribution in [2.24, 2.45) is 0 Å². The summed E-state index contributed by atoms with van der Waals surface area (Å²) in [4.78, 5) is 4.29. The Bertz CT molecular complexity index is 895. The predicted molar refractivity (Wildman–Crippen MR) is 94.6 cm³/mol. The Morgan fingerprint density at radius 1 is 1.04 bits per heavy atom. The minimum absolute atomic E-state index is 0.319. The van der Waals surface area contributed by atoms with Gasteiger partial charge in [-0.15, -0.1) is 0 Å². The first kappa shape index (κ1) is 15.8. The smallest absolute Gasteiger partial charge is 0.182 e. The third-order valence-corrected chi connectivity index (χ3v) is 3.94. The summed E-state index contributed by atoms with van der Waals surface area (Å²) in [6.07, 6.45) is 1.75. The standard InChI is InChI=1S/C21H18N2O/c1-15-7-6-10-18(11-15)19-13-23-20(12-22)21(16(19)2)24-14-17-8-4-3-5-9-17/h3-11,13H,14H2,1-2H3. The van der Waals surface area contributed by atoms with Crippen molar-refractivity contribution in [2.75, 3.05) is 0 Å². The van der Waals surface area contributed by atoms with E-state index in [4.69, 9.17) is 4.74 Å². The normalized spacial score (nSPS) is 10.2.